The quantitative estimate of drug-likeness (QED) is 0.830. The van der Waals surface area contributed by atoms with Crippen molar-refractivity contribution in [3.63, 3.8) is 0 Å². The van der Waals surface area contributed by atoms with Crippen LogP contribution in [0.1, 0.15) is 5.69 Å². The molecule has 2 rings (SSSR count). The van der Waals surface area contributed by atoms with E-state index in [-0.39, 0.29) is 0 Å². The van der Waals surface area contributed by atoms with E-state index >= 15 is 0 Å². The van der Waals surface area contributed by atoms with Crippen molar-refractivity contribution in [2.75, 3.05) is 11.6 Å². The minimum atomic E-state index is 0.754. The molecule has 1 N–H and O–H groups in total. The van der Waals surface area contributed by atoms with E-state index in [2.05, 4.69) is 15.3 Å². The van der Waals surface area contributed by atoms with Crippen molar-refractivity contribution in [3.05, 3.63) is 34.9 Å². The highest BCUT2D eigenvalue weighted by atomic mass is 32.2. The number of aromatic nitrogens is 2. The Kier molecular flexibility index (Phi) is 3.58. The van der Waals surface area contributed by atoms with Gasteiger partial charge in [-0.25, -0.2) is 9.97 Å². The van der Waals surface area contributed by atoms with Crippen LogP contribution in [0.15, 0.2) is 34.2 Å². The maximum atomic E-state index is 4.28. The molecule has 0 amide bonds. The number of thioether (sulfide) groups is 1. The van der Waals surface area contributed by atoms with Gasteiger partial charge in [-0.2, -0.15) is 0 Å². The summed E-state index contributed by atoms with van der Waals surface area (Å²) in [5, 5.41) is 6.35. The van der Waals surface area contributed by atoms with Crippen LogP contribution < -0.4 is 5.32 Å². The number of nitrogens with one attached hydrogen (secondary N) is 1. The van der Waals surface area contributed by atoms with Crippen LogP contribution in [0.4, 0.5) is 5.69 Å². The van der Waals surface area contributed by atoms with Crippen molar-refractivity contribution in [2.45, 2.75) is 11.6 Å². The Morgan fingerprint density at radius 1 is 1.40 bits per heavy atom. The molecular formula is C10H11N3S2. The molecule has 3 nitrogen and oxygen atoms in total. The zero-order chi connectivity index (χ0) is 10.5. The third-order valence-corrected chi connectivity index (χ3v) is 3.20. The molecule has 0 bridgehead atoms. The van der Waals surface area contributed by atoms with Gasteiger partial charge in [0.2, 0.25) is 0 Å². The molecule has 0 spiro atoms. The minimum Gasteiger partial charge on any atom is -0.378 e. The predicted octanol–water partition coefficient (Wildman–Crippen LogP) is 2.87. The Bertz CT molecular complexity index is 397. The van der Waals surface area contributed by atoms with Gasteiger partial charge in [0.1, 0.15) is 0 Å². The first kappa shape index (κ1) is 10.4. The Morgan fingerprint density at radius 2 is 2.33 bits per heavy atom. The van der Waals surface area contributed by atoms with Crippen LogP contribution in [-0.2, 0) is 6.54 Å². The normalized spacial score (nSPS) is 10.2. The predicted molar refractivity (Wildman–Crippen MR) is 65.5 cm³/mol. The van der Waals surface area contributed by atoms with Crippen LogP contribution in [0.3, 0.4) is 0 Å². The second kappa shape index (κ2) is 5.14. The lowest BCUT2D eigenvalue weighted by Gasteiger charge is -2.04. The molecule has 2 aromatic heterocycles. The van der Waals surface area contributed by atoms with E-state index in [1.807, 2.05) is 35.5 Å². The molecule has 0 atom stereocenters. The van der Waals surface area contributed by atoms with Crippen LogP contribution in [0.5, 0.6) is 0 Å². The van der Waals surface area contributed by atoms with Crippen molar-refractivity contribution in [1.82, 2.24) is 9.97 Å². The molecule has 0 aromatic carbocycles. The number of hydrogen-bond donors (Lipinski definition) is 1. The van der Waals surface area contributed by atoms with E-state index < -0.39 is 0 Å². The number of anilines is 1. The fourth-order valence-electron chi connectivity index (χ4n) is 1.12. The molecular weight excluding hydrogens is 226 g/mol. The summed E-state index contributed by atoms with van der Waals surface area (Å²) in [6.07, 6.45) is 3.86. The standard InChI is InChI=1S/C10H11N3S2/c1-14-10-3-2-8(4-12-10)11-5-9-6-15-7-13-9/h2-4,6-7,11H,5H2,1H3. The second-order valence-electron chi connectivity index (χ2n) is 2.92. The lowest BCUT2D eigenvalue weighted by molar-refractivity contribution is 1.05. The molecule has 15 heavy (non-hydrogen) atoms. The summed E-state index contributed by atoms with van der Waals surface area (Å²) >= 11 is 3.25. The molecule has 2 aromatic rings. The van der Waals surface area contributed by atoms with Gasteiger partial charge >= 0.3 is 0 Å². The first-order valence-electron chi connectivity index (χ1n) is 4.49. The molecule has 0 saturated carbocycles. The van der Waals surface area contributed by atoms with E-state index in [0.29, 0.717) is 0 Å². The van der Waals surface area contributed by atoms with Gasteiger partial charge in [-0.1, -0.05) is 0 Å². The minimum absolute atomic E-state index is 0.754. The van der Waals surface area contributed by atoms with Crippen molar-refractivity contribution in [1.29, 1.82) is 0 Å². The van der Waals surface area contributed by atoms with Crippen LogP contribution in [-0.4, -0.2) is 16.2 Å². The molecule has 0 unspecified atom stereocenters. The highest BCUT2D eigenvalue weighted by Crippen LogP contribution is 2.14. The Labute approximate surface area is 97.0 Å². The zero-order valence-electron chi connectivity index (χ0n) is 8.30. The second-order valence-corrected chi connectivity index (χ2v) is 4.47. The molecule has 0 aliphatic rings. The number of hydrogen-bond acceptors (Lipinski definition) is 5. The smallest absolute Gasteiger partial charge is 0.0958 e. The zero-order valence-corrected chi connectivity index (χ0v) is 9.94. The van der Waals surface area contributed by atoms with Gasteiger partial charge in [0.05, 0.1) is 34.7 Å². The van der Waals surface area contributed by atoms with Gasteiger partial charge in [-0.05, 0) is 18.4 Å². The third kappa shape index (κ3) is 2.94. The number of rotatable bonds is 4. The summed E-state index contributed by atoms with van der Waals surface area (Å²) in [5.74, 6) is 0. The lowest BCUT2D eigenvalue weighted by Crippen LogP contribution is -1.99. The molecule has 0 radical (unpaired) electrons. The van der Waals surface area contributed by atoms with Crippen LogP contribution in [0, 0.1) is 0 Å². The summed E-state index contributed by atoms with van der Waals surface area (Å²) in [6, 6.07) is 4.04. The van der Waals surface area contributed by atoms with E-state index in [9.17, 15) is 0 Å². The molecule has 78 valence electrons. The molecule has 2 heterocycles. The SMILES string of the molecule is CSc1ccc(NCc2cscn2)cn1. The fourth-order valence-corrected chi connectivity index (χ4v) is 2.04. The van der Waals surface area contributed by atoms with E-state index in [0.717, 1.165) is 23.0 Å². The first-order chi connectivity index (χ1) is 7.38. The average Bonchev–Trinajstić information content (AvgIpc) is 2.80. The van der Waals surface area contributed by atoms with E-state index in [4.69, 9.17) is 0 Å². The molecule has 5 heteroatoms. The van der Waals surface area contributed by atoms with Gasteiger partial charge in [-0.3, -0.25) is 0 Å². The third-order valence-electron chi connectivity index (χ3n) is 1.90. The Balaban J connectivity index is 1.93. The largest absolute Gasteiger partial charge is 0.378 e. The van der Waals surface area contributed by atoms with Gasteiger partial charge in [0, 0.05) is 5.38 Å². The first-order valence-corrected chi connectivity index (χ1v) is 6.66. The van der Waals surface area contributed by atoms with Gasteiger partial charge in [0.25, 0.3) is 0 Å². The average molecular weight is 237 g/mol. The van der Waals surface area contributed by atoms with Crippen molar-refractivity contribution in [2.24, 2.45) is 0 Å². The van der Waals surface area contributed by atoms with Gasteiger partial charge < -0.3 is 5.32 Å². The summed E-state index contributed by atoms with van der Waals surface area (Å²) < 4.78 is 0. The van der Waals surface area contributed by atoms with Crippen molar-refractivity contribution in [3.8, 4) is 0 Å². The molecule has 0 saturated heterocycles. The highest BCUT2D eigenvalue weighted by molar-refractivity contribution is 7.98. The van der Waals surface area contributed by atoms with Crippen LogP contribution in [0.25, 0.3) is 0 Å². The number of pyridine rings is 1. The topological polar surface area (TPSA) is 37.8 Å². The van der Waals surface area contributed by atoms with Gasteiger partial charge in [-0.15, -0.1) is 23.1 Å². The van der Waals surface area contributed by atoms with Crippen molar-refractivity contribution >= 4 is 28.8 Å². The van der Waals surface area contributed by atoms with Crippen molar-refractivity contribution < 1.29 is 0 Å². The Morgan fingerprint density at radius 3 is 2.93 bits per heavy atom. The summed E-state index contributed by atoms with van der Waals surface area (Å²) in [7, 11) is 0. The number of thiazole rings is 1. The van der Waals surface area contributed by atoms with Crippen LogP contribution >= 0.6 is 23.1 Å². The van der Waals surface area contributed by atoms with Gasteiger partial charge in [0.15, 0.2) is 0 Å². The van der Waals surface area contributed by atoms with E-state index in [1.54, 1.807) is 23.1 Å². The molecule has 0 fully saturated rings. The Hall–Kier alpha value is -1.07. The van der Waals surface area contributed by atoms with Crippen LogP contribution in [0.2, 0.25) is 0 Å². The maximum absolute atomic E-state index is 4.28. The highest BCUT2D eigenvalue weighted by Gasteiger charge is 1.96. The van der Waals surface area contributed by atoms with E-state index in [1.165, 1.54) is 0 Å². The summed E-state index contributed by atoms with van der Waals surface area (Å²) in [6.45, 7) is 0.754. The summed E-state index contributed by atoms with van der Waals surface area (Å²) in [4.78, 5) is 8.48. The number of nitrogens with zero attached hydrogens (tertiary/aromatic N) is 2. The monoisotopic (exact) mass is 237 g/mol. The molecule has 0 aliphatic heterocycles. The fraction of sp³-hybridized carbons (Fsp3) is 0.200. The summed E-state index contributed by atoms with van der Waals surface area (Å²) in [5.41, 5.74) is 3.93. The maximum Gasteiger partial charge on any atom is 0.0958 e. The lowest BCUT2D eigenvalue weighted by atomic mass is 10.4. The molecule has 0 aliphatic carbocycles.